The highest BCUT2D eigenvalue weighted by Crippen LogP contribution is 2.18. The zero-order chi connectivity index (χ0) is 20.5. The second-order valence-corrected chi connectivity index (χ2v) is 5.80. The quantitative estimate of drug-likeness (QED) is 0.529. The number of hydrogen-bond acceptors (Lipinski definition) is 6. The minimum atomic E-state index is -0.836. The van der Waals surface area contributed by atoms with E-state index in [0.717, 1.165) is 0 Å². The first-order chi connectivity index (χ1) is 13.4. The van der Waals surface area contributed by atoms with Gasteiger partial charge in [0.25, 0.3) is 11.6 Å². The molecule has 2 aromatic rings. The van der Waals surface area contributed by atoms with Gasteiger partial charge < -0.3 is 9.47 Å². The van der Waals surface area contributed by atoms with Gasteiger partial charge in [0.05, 0.1) is 18.0 Å². The predicted molar refractivity (Wildman–Crippen MR) is 101 cm³/mol. The van der Waals surface area contributed by atoms with E-state index in [1.165, 1.54) is 24.3 Å². The molecule has 1 atom stereocenters. The van der Waals surface area contributed by atoms with Crippen LogP contribution in [0.3, 0.4) is 0 Å². The summed E-state index contributed by atoms with van der Waals surface area (Å²) in [6, 6.07) is 12.4. The maximum absolute atomic E-state index is 12.0. The van der Waals surface area contributed by atoms with Crippen molar-refractivity contribution in [2.75, 3.05) is 6.61 Å². The fourth-order valence-corrected chi connectivity index (χ4v) is 2.24. The van der Waals surface area contributed by atoms with E-state index in [4.69, 9.17) is 9.47 Å². The van der Waals surface area contributed by atoms with Gasteiger partial charge in [0, 0.05) is 12.1 Å². The van der Waals surface area contributed by atoms with E-state index in [1.54, 1.807) is 31.2 Å². The van der Waals surface area contributed by atoms with Crippen LogP contribution in [-0.4, -0.2) is 29.4 Å². The van der Waals surface area contributed by atoms with Crippen LogP contribution in [-0.2, 0) is 16.0 Å². The number of rotatable bonds is 8. The van der Waals surface area contributed by atoms with Crippen LogP contribution >= 0.6 is 0 Å². The fraction of sp³-hybridized carbons (Fsp3) is 0.263. The van der Waals surface area contributed by atoms with Gasteiger partial charge in [-0.1, -0.05) is 12.1 Å². The van der Waals surface area contributed by atoms with E-state index >= 15 is 0 Å². The summed E-state index contributed by atoms with van der Waals surface area (Å²) in [6.07, 6.45) is -0.871. The lowest BCUT2D eigenvalue weighted by molar-refractivity contribution is -0.384. The average Bonchev–Trinajstić information content (AvgIpc) is 2.68. The number of hydrazine groups is 1. The lowest BCUT2D eigenvalue weighted by Gasteiger charge is -2.15. The third kappa shape index (κ3) is 6.27. The molecular weight excluding hydrogens is 366 g/mol. The topological polar surface area (TPSA) is 120 Å². The predicted octanol–water partition coefficient (Wildman–Crippen LogP) is 2.15. The van der Waals surface area contributed by atoms with Gasteiger partial charge in [-0.25, -0.2) is 0 Å². The molecule has 2 rings (SSSR count). The molecule has 0 radical (unpaired) electrons. The van der Waals surface area contributed by atoms with Gasteiger partial charge in [-0.15, -0.1) is 0 Å². The zero-order valence-electron chi connectivity index (χ0n) is 15.5. The van der Waals surface area contributed by atoms with Gasteiger partial charge in [0.1, 0.15) is 11.5 Å². The summed E-state index contributed by atoms with van der Waals surface area (Å²) in [6.45, 7) is 3.99. The molecule has 148 valence electrons. The Morgan fingerprint density at radius 2 is 1.64 bits per heavy atom. The molecule has 0 saturated heterocycles. The first-order valence-electron chi connectivity index (χ1n) is 8.60. The van der Waals surface area contributed by atoms with Gasteiger partial charge >= 0.3 is 0 Å². The molecule has 0 aliphatic heterocycles. The van der Waals surface area contributed by atoms with Crippen LogP contribution in [0.5, 0.6) is 11.5 Å². The Labute approximate surface area is 161 Å². The number of nitrogens with zero attached hydrogens (tertiary/aromatic N) is 1. The summed E-state index contributed by atoms with van der Waals surface area (Å²) in [7, 11) is 0. The zero-order valence-corrected chi connectivity index (χ0v) is 15.5. The monoisotopic (exact) mass is 387 g/mol. The summed E-state index contributed by atoms with van der Waals surface area (Å²) in [5.41, 5.74) is 5.10. The highest BCUT2D eigenvalue weighted by atomic mass is 16.6. The second-order valence-electron chi connectivity index (χ2n) is 5.80. The standard InChI is InChI=1S/C19H21N3O6/c1-3-27-16-8-10-17(11-9-16)28-13(2)19(24)21-20-18(23)12-14-4-6-15(7-5-14)22(25)26/h4-11,13H,3,12H2,1-2H3,(H,20,23)(H,21,24)/t13-/m1/s1. The van der Waals surface area contributed by atoms with E-state index in [1.807, 2.05) is 6.92 Å². The summed E-state index contributed by atoms with van der Waals surface area (Å²) in [5, 5.41) is 10.6. The fourth-order valence-electron chi connectivity index (χ4n) is 2.24. The Balaban J connectivity index is 1.78. The molecule has 0 aromatic heterocycles. The van der Waals surface area contributed by atoms with Gasteiger partial charge in [-0.2, -0.15) is 0 Å². The summed E-state index contributed by atoms with van der Waals surface area (Å²) >= 11 is 0. The van der Waals surface area contributed by atoms with E-state index in [9.17, 15) is 19.7 Å². The van der Waals surface area contributed by atoms with E-state index < -0.39 is 22.8 Å². The number of ether oxygens (including phenoxy) is 2. The molecule has 9 heteroatoms. The molecule has 0 bridgehead atoms. The van der Waals surface area contributed by atoms with Crippen molar-refractivity contribution < 1.29 is 24.0 Å². The lowest BCUT2D eigenvalue weighted by Crippen LogP contribution is -2.47. The Morgan fingerprint density at radius 1 is 1.04 bits per heavy atom. The van der Waals surface area contributed by atoms with Crippen molar-refractivity contribution in [2.45, 2.75) is 26.4 Å². The molecule has 0 unspecified atom stereocenters. The Hall–Kier alpha value is -3.62. The smallest absolute Gasteiger partial charge is 0.279 e. The second kappa shape index (κ2) is 9.91. The maximum Gasteiger partial charge on any atom is 0.279 e. The largest absolute Gasteiger partial charge is 0.494 e. The van der Waals surface area contributed by atoms with Crippen molar-refractivity contribution in [1.29, 1.82) is 0 Å². The minimum absolute atomic E-state index is 0.0353. The summed E-state index contributed by atoms with van der Waals surface area (Å²) < 4.78 is 10.8. The molecule has 0 aliphatic carbocycles. The van der Waals surface area contributed by atoms with Crippen molar-refractivity contribution in [3.05, 3.63) is 64.2 Å². The number of nitro benzene ring substituents is 1. The molecular formula is C19H21N3O6. The summed E-state index contributed by atoms with van der Waals surface area (Å²) in [5.74, 6) is 0.204. The highest BCUT2D eigenvalue weighted by molar-refractivity contribution is 5.85. The van der Waals surface area contributed by atoms with Crippen LogP contribution < -0.4 is 20.3 Å². The molecule has 0 spiro atoms. The molecule has 0 fully saturated rings. The Kier molecular flexibility index (Phi) is 7.32. The molecule has 2 amide bonds. The van der Waals surface area contributed by atoms with Crippen LogP contribution in [0.4, 0.5) is 5.69 Å². The third-order valence-electron chi connectivity index (χ3n) is 3.65. The first kappa shape index (κ1) is 20.7. The van der Waals surface area contributed by atoms with Gasteiger partial charge in [-0.3, -0.25) is 30.6 Å². The number of amides is 2. The molecule has 0 saturated carbocycles. The molecule has 0 aliphatic rings. The van der Waals surface area contributed by atoms with Crippen molar-refractivity contribution in [2.24, 2.45) is 0 Å². The number of non-ortho nitro benzene ring substituents is 1. The molecule has 9 nitrogen and oxygen atoms in total. The molecule has 2 aromatic carbocycles. The normalized spacial score (nSPS) is 11.2. The van der Waals surface area contributed by atoms with Crippen LogP contribution in [0.15, 0.2) is 48.5 Å². The summed E-state index contributed by atoms with van der Waals surface area (Å²) in [4.78, 5) is 34.0. The molecule has 28 heavy (non-hydrogen) atoms. The van der Waals surface area contributed by atoms with Gasteiger partial charge in [0.2, 0.25) is 5.91 Å². The van der Waals surface area contributed by atoms with Crippen molar-refractivity contribution in [3.63, 3.8) is 0 Å². The van der Waals surface area contributed by atoms with Crippen LogP contribution in [0.1, 0.15) is 19.4 Å². The van der Waals surface area contributed by atoms with Gasteiger partial charge in [-0.05, 0) is 43.7 Å². The average molecular weight is 387 g/mol. The number of nitro groups is 1. The minimum Gasteiger partial charge on any atom is -0.494 e. The maximum atomic E-state index is 12.0. The lowest BCUT2D eigenvalue weighted by atomic mass is 10.1. The van der Waals surface area contributed by atoms with Crippen molar-refractivity contribution in [1.82, 2.24) is 10.9 Å². The van der Waals surface area contributed by atoms with E-state index in [2.05, 4.69) is 10.9 Å². The van der Waals surface area contributed by atoms with Crippen LogP contribution in [0.2, 0.25) is 0 Å². The van der Waals surface area contributed by atoms with Crippen LogP contribution in [0.25, 0.3) is 0 Å². The SMILES string of the molecule is CCOc1ccc(O[C@H](C)C(=O)NNC(=O)Cc2ccc([N+](=O)[O-])cc2)cc1. The van der Waals surface area contributed by atoms with Crippen LogP contribution in [0, 0.1) is 10.1 Å². The number of carbonyl (C=O) groups is 2. The molecule has 0 heterocycles. The Bertz CT molecular complexity index is 821. The highest BCUT2D eigenvalue weighted by Gasteiger charge is 2.16. The van der Waals surface area contributed by atoms with E-state index in [-0.39, 0.29) is 12.1 Å². The number of carbonyl (C=O) groups excluding carboxylic acids is 2. The third-order valence-corrected chi connectivity index (χ3v) is 3.65. The number of nitrogens with one attached hydrogen (secondary N) is 2. The van der Waals surface area contributed by atoms with Crippen molar-refractivity contribution in [3.8, 4) is 11.5 Å². The van der Waals surface area contributed by atoms with E-state index in [0.29, 0.717) is 23.7 Å². The molecule has 2 N–H and O–H groups in total. The van der Waals surface area contributed by atoms with Crippen molar-refractivity contribution >= 4 is 17.5 Å². The Morgan fingerprint density at radius 3 is 2.21 bits per heavy atom. The number of benzene rings is 2. The van der Waals surface area contributed by atoms with Gasteiger partial charge in [0.15, 0.2) is 6.10 Å². The number of hydrogen-bond donors (Lipinski definition) is 2. The first-order valence-corrected chi connectivity index (χ1v) is 8.60.